The van der Waals surface area contributed by atoms with E-state index in [-0.39, 0.29) is 5.92 Å². The molecule has 1 unspecified atom stereocenters. The van der Waals surface area contributed by atoms with Gasteiger partial charge in [0.2, 0.25) is 0 Å². The summed E-state index contributed by atoms with van der Waals surface area (Å²) in [5.41, 5.74) is -1.30. The van der Waals surface area contributed by atoms with Crippen LogP contribution < -0.4 is 0 Å². The molecule has 0 nitrogen and oxygen atoms in total. The maximum Gasteiger partial charge on any atom is 0.394 e. The molecule has 0 aromatic heterocycles. The van der Waals surface area contributed by atoms with Crippen molar-refractivity contribution >= 4 is 0 Å². The van der Waals surface area contributed by atoms with Gasteiger partial charge in [0.1, 0.15) is 0 Å². The van der Waals surface area contributed by atoms with Crippen LogP contribution in [0.25, 0.3) is 0 Å². The second-order valence-electron chi connectivity index (χ2n) is 6.20. The SMILES string of the molecule is CCCCCCC(CCCCC)C1(C(F)(F)F)CC1. The Morgan fingerprint density at radius 3 is 1.74 bits per heavy atom. The molecular formula is C16H29F3. The van der Waals surface area contributed by atoms with Gasteiger partial charge in [0.15, 0.2) is 0 Å². The van der Waals surface area contributed by atoms with Crippen LogP contribution in [-0.4, -0.2) is 6.18 Å². The minimum atomic E-state index is -3.98. The van der Waals surface area contributed by atoms with E-state index in [4.69, 9.17) is 0 Å². The summed E-state index contributed by atoms with van der Waals surface area (Å²) < 4.78 is 39.7. The fraction of sp³-hybridized carbons (Fsp3) is 1.00. The van der Waals surface area contributed by atoms with Gasteiger partial charge in [-0.3, -0.25) is 0 Å². The van der Waals surface area contributed by atoms with Crippen molar-refractivity contribution in [2.45, 2.75) is 90.7 Å². The summed E-state index contributed by atoms with van der Waals surface area (Å²) in [6, 6.07) is 0. The topological polar surface area (TPSA) is 0 Å². The summed E-state index contributed by atoms with van der Waals surface area (Å²) in [6.07, 6.45) is 5.82. The number of hydrogen-bond acceptors (Lipinski definition) is 0. The normalized spacial score (nSPS) is 19.4. The van der Waals surface area contributed by atoms with Crippen molar-refractivity contribution in [3.05, 3.63) is 0 Å². The van der Waals surface area contributed by atoms with Gasteiger partial charge >= 0.3 is 6.18 Å². The Balaban J connectivity index is 2.49. The second-order valence-corrected chi connectivity index (χ2v) is 6.20. The first-order chi connectivity index (χ1) is 8.98. The molecular weight excluding hydrogens is 249 g/mol. The number of rotatable bonds is 10. The number of halogens is 3. The van der Waals surface area contributed by atoms with Crippen LogP contribution in [0.5, 0.6) is 0 Å². The lowest BCUT2D eigenvalue weighted by Gasteiger charge is -2.29. The molecule has 0 radical (unpaired) electrons. The highest BCUT2D eigenvalue weighted by molar-refractivity contribution is 5.03. The van der Waals surface area contributed by atoms with Gasteiger partial charge in [0, 0.05) is 0 Å². The van der Waals surface area contributed by atoms with Crippen molar-refractivity contribution in [3.8, 4) is 0 Å². The van der Waals surface area contributed by atoms with Crippen LogP contribution in [0, 0.1) is 11.3 Å². The van der Waals surface area contributed by atoms with Crippen molar-refractivity contribution in [1.82, 2.24) is 0 Å². The fourth-order valence-electron chi connectivity index (χ4n) is 3.21. The van der Waals surface area contributed by atoms with E-state index in [1.54, 1.807) is 0 Å². The predicted molar refractivity (Wildman–Crippen MR) is 74.1 cm³/mol. The molecule has 0 N–H and O–H groups in total. The van der Waals surface area contributed by atoms with E-state index in [1.165, 1.54) is 0 Å². The molecule has 0 aromatic carbocycles. The Labute approximate surface area is 116 Å². The molecule has 114 valence electrons. The smallest absolute Gasteiger partial charge is 0.170 e. The van der Waals surface area contributed by atoms with Crippen molar-refractivity contribution in [2.75, 3.05) is 0 Å². The molecule has 1 saturated carbocycles. The quantitative estimate of drug-likeness (QED) is 0.400. The maximum absolute atomic E-state index is 13.2. The Morgan fingerprint density at radius 2 is 1.32 bits per heavy atom. The average Bonchev–Trinajstić information content (AvgIpc) is 3.13. The predicted octanol–water partition coefficient (Wildman–Crippen LogP) is 6.50. The van der Waals surface area contributed by atoms with Crippen molar-refractivity contribution in [2.24, 2.45) is 11.3 Å². The summed E-state index contributed by atoms with van der Waals surface area (Å²) in [5, 5.41) is 0. The lowest BCUT2D eigenvalue weighted by Crippen LogP contribution is -2.32. The molecule has 3 heteroatoms. The van der Waals surface area contributed by atoms with Gasteiger partial charge < -0.3 is 0 Å². The van der Waals surface area contributed by atoms with Crippen LogP contribution in [0.3, 0.4) is 0 Å². The minimum Gasteiger partial charge on any atom is -0.170 e. The summed E-state index contributed by atoms with van der Waals surface area (Å²) in [7, 11) is 0. The fourth-order valence-corrected chi connectivity index (χ4v) is 3.21. The molecule has 0 spiro atoms. The van der Waals surface area contributed by atoms with Gasteiger partial charge in [-0.15, -0.1) is 0 Å². The van der Waals surface area contributed by atoms with E-state index in [0.29, 0.717) is 12.8 Å². The first-order valence-electron chi connectivity index (χ1n) is 8.04. The largest absolute Gasteiger partial charge is 0.394 e. The number of hydrogen-bond donors (Lipinski definition) is 0. The minimum absolute atomic E-state index is 0.115. The molecule has 0 heterocycles. The van der Waals surface area contributed by atoms with Crippen LogP contribution in [-0.2, 0) is 0 Å². The molecule has 0 aromatic rings. The van der Waals surface area contributed by atoms with Gasteiger partial charge in [-0.2, -0.15) is 13.2 Å². The van der Waals surface area contributed by atoms with E-state index in [0.717, 1.165) is 57.8 Å². The Kier molecular flexibility index (Phi) is 6.68. The van der Waals surface area contributed by atoms with Gasteiger partial charge in [0.25, 0.3) is 0 Å². The molecule has 1 aliphatic rings. The van der Waals surface area contributed by atoms with Crippen molar-refractivity contribution in [1.29, 1.82) is 0 Å². The third-order valence-electron chi connectivity index (χ3n) is 4.70. The molecule has 0 saturated heterocycles. The monoisotopic (exact) mass is 278 g/mol. The van der Waals surface area contributed by atoms with E-state index in [2.05, 4.69) is 13.8 Å². The number of unbranched alkanes of at least 4 members (excludes halogenated alkanes) is 5. The zero-order valence-electron chi connectivity index (χ0n) is 12.5. The van der Waals surface area contributed by atoms with Crippen LogP contribution in [0.4, 0.5) is 13.2 Å². The zero-order valence-corrected chi connectivity index (χ0v) is 12.5. The average molecular weight is 278 g/mol. The highest BCUT2D eigenvalue weighted by Gasteiger charge is 2.66. The van der Waals surface area contributed by atoms with Gasteiger partial charge in [-0.05, 0) is 31.6 Å². The molecule has 1 aliphatic carbocycles. The Hall–Kier alpha value is -0.210. The highest BCUT2D eigenvalue weighted by Crippen LogP contribution is 2.64. The summed E-state index contributed by atoms with van der Waals surface area (Å²) in [6.45, 7) is 4.24. The van der Waals surface area contributed by atoms with Crippen LogP contribution in [0.15, 0.2) is 0 Å². The highest BCUT2D eigenvalue weighted by atomic mass is 19.4. The zero-order chi connectivity index (χ0) is 14.4. The molecule has 1 fully saturated rings. The van der Waals surface area contributed by atoms with Gasteiger partial charge in [-0.1, -0.05) is 58.8 Å². The number of alkyl halides is 3. The first-order valence-corrected chi connectivity index (χ1v) is 8.04. The van der Waals surface area contributed by atoms with Crippen LogP contribution >= 0.6 is 0 Å². The van der Waals surface area contributed by atoms with Crippen molar-refractivity contribution in [3.63, 3.8) is 0 Å². The third-order valence-corrected chi connectivity index (χ3v) is 4.70. The molecule has 19 heavy (non-hydrogen) atoms. The Morgan fingerprint density at radius 1 is 0.842 bits per heavy atom. The van der Waals surface area contributed by atoms with E-state index >= 15 is 0 Å². The molecule has 0 aliphatic heterocycles. The third kappa shape index (κ3) is 4.68. The molecule has 1 atom stereocenters. The molecule has 0 amide bonds. The first kappa shape index (κ1) is 16.8. The summed E-state index contributed by atoms with van der Waals surface area (Å²) in [4.78, 5) is 0. The van der Waals surface area contributed by atoms with E-state index in [9.17, 15) is 13.2 Å². The lowest BCUT2D eigenvalue weighted by atomic mass is 9.80. The summed E-state index contributed by atoms with van der Waals surface area (Å²) >= 11 is 0. The summed E-state index contributed by atoms with van der Waals surface area (Å²) in [5.74, 6) is -0.115. The van der Waals surface area contributed by atoms with Gasteiger partial charge in [-0.25, -0.2) is 0 Å². The van der Waals surface area contributed by atoms with Crippen LogP contribution in [0.1, 0.15) is 84.5 Å². The second kappa shape index (κ2) is 7.54. The Bertz CT molecular complexity index is 241. The molecule has 1 rings (SSSR count). The standard InChI is InChI=1S/C16H29F3/c1-3-5-7-9-11-14(10-8-6-4-2)15(12-13-15)16(17,18)19/h14H,3-13H2,1-2H3. The maximum atomic E-state index is 13.2. The molecule has 0 bridgehead atoms. The van der Waals surface area contributed by atoms with E-state index < -0.39 is 11.6 Å². The van der Waals surface area contributed by atoms with E-state index in [1.807, 2.05) is 0 Å². The van der Waals surface area contributed by atoms with Crippen LogP contribution in [0.2, 0.25) is 0 Å². The lowest BCUT2D eigenvalue weighted by molar-refractivity contribution is -0.204. The van der Waals surface area contributed by atoms with Crippen molar-refractivity contribution < 1.29 is 13.2 Å². The van der Waals surface area contributed by atoms with Gasteiger partial charge in [0.05, 0.1) is 5.41 Å².